The molecule has 2 rings (SSSR count). The molecule has 0 spiro atoms. The maximum absolute atomic E-state index is 12.5. The standard InChI is InChI=1S/C16H21NO5/c1-11-3-5-14(6-4-11)22-12(2)16(20)17-7-8-21-10-13(17)9-15(18)19/h3-6,12-13H,7-10H2,1-2H3,(H,18,19). The summed E-state index contributed by atoms with van der Waals surface area (Å²) in [5, 5.41) is 8.94. The Morgan fingerprint density at radius 2 is 2.09 bits per heavy atom. The lowest BCUT2D eigenvalue weighted by atomic mass is 10.1. The molecule has 1 saturated heterocycles. The number of carbonyl (C=O) groups excluding carboxylic acids is 1. The van der Waals surface area contributed by atoms with E-state index in [0.717, 1.165) is 5.56 Å². The van der Waals surface area contributed by atoms with Crippen molar-refractivity contribution in [3.8, 4) is 5.75 Å². The number of nitrogens with zero attached hydrogens (tertiary/aromatic N) is 1. The third-order valence-electron chi connectivity index (χ3n) is 3.60. The zero-order valence-electron chi connectivity index (χ0n) is 12.8. The molecule has 2 unspecified atom stereocenters. The van der Waals surface area contributed by atoms with Crippen molar-refractivity contribution in [2.75, 3.05) is 19.8 Å². The normalized spacial score (nSPS) is 19.5. The predicted molar refractivity (Wildman–Crippen MR) is 79.8 cm³/mol. The Labute approximate surface area is 129 Å². The van der Waals surface area contributed by atoms with E-state index in [1.54, 1.807) is 11.8 Å². The summed E-state index contributed by atoms with van der Waals surface area (Å²) in [6, 6.07) is 7.01. The quantitative estimate of drug-likeness (QED) is 0.891. The molecule has 0 aliphatic carbocycles. The smallest absolute Gasteiger partial charge is 0.305 e. The van der Waals surface area contributed by atoms with Gasteiger partial charge in [0.1, 0.15) is 5.75 Å². The molecule has 1 aromatic carbocycles. The summed E-state index contributed by atoms with van der Waals surface area (Å²) in [5.41, 5.74) is 1.11. The fourth-order valence-electron chi connectivity index (χ4n) is 2.42. The van der Waals surface area contributed by atoms with E-state index < -0.39 is 18.1 Å². The number of carbonyl (C=O) groups is 2. The van der Waals surface area contributed by atoms with Gasteiger partial charge < -0.3 is 19.5 Å². The highest BCUT2D eigenvalue weighted by Crippen LogP contribution is 2.17. The molecule has 0 aromatic heterocycles. The first-order chi connectivity index (χ1) is 10.5. The van der Waals surface area contributed by atoms with Gasteiger partial charge in [-0.15, -0.1) is 0 Å². The number of ether oxygens (including phenoxy) is 2. The highest BCUT2D eigenvalue weighted by atomic mass is 16.5. The number of carboxylic acid groups (broad SMARTS) is 1. The van der Waals surface area contributed by atoms with E-state index in [2.05, 4.69) is 0 Å². The summed E-state index contributed by atoms with van der Waals surface area (Å²) < 4.78 is 10.9. The van der Waals surface area contributed by atoms with Crippen LogP contribution in [0.5, 0.6) is 5.75 Å². The van der Waals surface area contributed by atoms with Crippen molar-refractivity contribution in [1.29, 1.82) is 0 Å². The minimum Gasteiger partial charge on any atom is -0.481 e. The van der Waals surface area contributed by atoms with Crippen LogP contribution in [0.2, 0.25) is 0 Å². The lowest BCUT2D eigenvalue weighted by Crippen LogP contribution is -2.53. The summed E-state index contributed by atoms with van der Waals surface area (Å²) in [7, 11) is 0. The van der Waals surface area contributed by atoms with Gasteiger partial charge in [-0.05, 0) is 26.0 Å². The molecule has 1 heterocycles. The van der Waals surface area contributed by atoms with Gasteiger partial charge in [0.25, 0.3) is 5.91 Å². The van der Waals surface area contributed by atoms with Gasteiger partial charge in [0.2, 0.25) is 0 Å². The molecule has 1 fully saturated rings. The van der Waals surface area contributed by atoms with Gasteiger partial charge in [-0.1, -0.05) is 17.7 Å². The van der Waals surface area contributed by atoms with Gasteiger partial charge in [0.05, 0.1) is 25.7 Å². The van der Waals surface area contributed by atoms with Crippen molar-refractivity contribution in [1.82, 2.24) is 4.90 Å². The van der Waals surface area contributed by atoms with E-state index in [4.69, 9.17) is 14.6 Å². The number of amides is 1. The molecule has 1 aliphatic rings. The van der Waals surface area contributed by atoms with Gasteiger partial charge in [-0.3, -0.25) is 9.59 Å². The third kappa shape index (κ3) is 4.21. The number of carboxylic acids is 1. The van der Waals surface area contributed by atoms with Gasteiger partial charge in [0, 0.05) is 6.54 Å². The summed E-state index contributed by atoms with van der Waals surface area (Å²) in [6.07, 6.45) is -0.791. The van der Waals surface area contributed by atoms with Crippen LogP contribution in [0.3, 0.4) is 0 Å². The topological polar surface area (TPSA) is 76.1 Å². The first-order valence-corrected chi connectivity index (χ1v) is 7.30. The fraction of sp³-hybridized carbons (Fsp3) is 0.500. The van der Waals surface area contributed by atoms with Crippen molar-refractivity contribution in [3.05, 3.63) is 29.8 Å². The van der Waals surface area contributed by atoms with Gasteiger partial charge in [0.15, 0.2) is 6.10 Å². The fourth-order valence-corrected chi connectivity index (χ4v) is 2.42. The monoisotopic (exact) mass is 307 g/mol. The lowest BCUT2D eigenvalue weighted by Gasteiger charge is -2.36. The number of aryl methyl sites for hydroxylation is 1. The van der Waals surface area contributed by atoms with E-state index in [0.29, 0.717) is 18.9 Å². The summed E-state index contributed by atoms with van der Waals surface area (Å²) in [4.78, 5) is 25.0. The maximum atomic E-state index is 12.5. The summed E-state index contributed by atoms with van der Waals surface area (Å²) in [6.45, 7) is 4.70. The van der Waals surface area contributed by atoms with E-state index in [1.165, 1.54) is 0 Å². The molecule has 120 valence electrons. The molecule has 1 N–H and O–H groups in total. The Morgan fingerprint density at radius 1 is 1.41 bits per heavy atom. The molecule has 6 nitrogen and oxygen atoms in total. The van der Waals surface area contributed by atoms with Crippen LogP contribution in [-0.2, 0) is 14.3 Å². The molecule has 1 aliphatic heterocycles. The van der Waals surface area contributed by atoms with E-state index >= 15 is 0 Å². The highest BCUT2D eigenvalue weighted by molar-refractivity contribution is 5.82. The number of aliphatic carboxylic acids is 1. The predicted octanol–water partition coefficient (Wildman–Crippen LogP) is 1.46. The number of benzene rings is 1. The second kappa shape index (κ2) is 7.26. The molecular formula is C16H21NO5. The minimum atomic E-state index is -0.944. The molecule has 1 aromatic rings. The average Bonchev–Trinajstić information content (AvgIpc) is 2.49. The van der Waals surface area contributed by atoms with Crippen molar-refractivity contribution in [2.24, 2.45) is 0 Å². The van der Waals surface area contributed by atoms with Gasteiger partial charge in [-0.2, -0.15) is 0 Å². The maximum Gasteiger partial charge on any atom is 0.305 e. The Bertz CT molecular complexity index is 528. The second-order valence-electron chi connectivity index (χ2n) is 5.43. The first-order valence-electron chi connectivity index (χ1n) is 7.30. The van der Waals surface area contributed by atoms with Crippen molar-refractivity contribution >= 4 is 11.9 Å². The molecular weight excluding hydrogens is 286 g/mol. The van der Waals surface area contributed by atoms with Crippen molar-refractivity contribution in [3.63, 3.8) is 0 Å². The molecule has 6 heteroatoms. The van der Waals surface area contributed by atoms with Crippen LogP contribution in [0.4, 0.5) is 0 Å². The number of rotatable bonds is 5. The molecule has 22 heavy (non-hydrogen) atoms. The largest absolute Gasteiger partial charge is 0.481 e. The van der Waals surface area contributed by atoms with Crippen molar-refractivity contribution < 1.29 is 24.2 Å². The van der Waals surface area contributed by atoms with E-state index in [-0.39, 0.29) is 18.9 Å². The molecule has 2 atom stereocenters. The number of morpholine rings is 1. The third-order valence-corrected chi connectivity index (χ3v) is 3.60. The van der Waals surface area contributed by atoms with Crippen LogP contribution in [0.1, 0.15) is 18.9 Å². The Hall–Kier alpha value is -2.08. The van der Waals surface area contributed by atoms with E-state index in [1.807, 2.05) is 31.2 Å². The molecule has 0 radical (unpaired) electrons. The van der Waals surface area contributed by atoms with Crippen molar-refractivity contribution in [2.45, 2.75) is 32.4 Å². The zero-order chi connectivity index (χ0) is 16.1. The number of hydrogen-bond donors (Lipinski definition) is 1. The first kappa shape index (κ1) is 16.3. The Kier molecular flexibility index (Phi) is 5.38. The Morgan fingerprint density at radius 3 is 2.73 bits per heavy atom. The SMILES string of the molecule is Cc1ccc(OC(C)C(=O)N2CCOCC2CC(=O)O)cc1. The average molecular weight is 307 g/mol. The lowest BCUT2D eigenvalue weighted by molar-refractivity contribution is -0.150. The van der Waals surface area contributed by atoms with Crippen LogP contribution < -0.4 is 4.74 Å². The second-order valence-corrected chi connectivity index (χ2v) is 5.43. The molecule has 0 bridgehead atoms. The van der Waals surface area contributed by atoms with Crippen LogP contribution in [0.25, 0.3) is 0 Å². The van der Waals surface area contributed by atoms with Gasteiger partial charge >= 0.3 is 5.97 Å². The van der Waals surface area contributed by atoms with Crippen LogP contribution in [0.15, 0.2) is 24.3 Å². The zero-order valence-corrected chi connectivity index (χ0v) is 12.8. The van der Waals surface area contributed by atoms with Crippen LogP contribution in [0, 0.1) is 6.92 Å². The van der Waals surface area contributed by atoms with Crippen LogP contribution in [-0.4, -0.2) is 53.8 Å². The summed E-state index contributed by atoms with van der Waals surface area (Å²) in [5.74, 6) is -0.537. The molecule has 1 amide bonds. The summed E-state index contributed by atoms with van der Waals surface area (Å²) >= 11 is 0. The van der Waals surface area contributed by atoms with E-state index in [9.17, 15) is 9.59 Å². The van der Waals surface area contributed by atoms with Crippen LogP contribution >= 0.6 is 0 Å². The Balaban J connectivity index is 2.01. The minimum absolute atomic E-state index is 0.122. The molecule has 0 saturated carbocycles. The number of hydrogen-bond acceptors (Lipinski definition) is 4. The highest BCUT2D eigenvalue weighted by Gasteiger charge is 2.32. The van der Waals surface area contributed by atoms with Gasteiger partial charge in [-0.25, -0.2) is 0 Å².